The van der Waals surface area contributed by atoms with Crippen LogP contribution in [-0.2, 0) is 4.79 Å². The highest BCUT2D eigenvalue weighted by Gasteiger charge is 2.53. The molecule has 0 saturated carbocycles. The van der Waals surface area contributed by atoms with Gasteiger partial charge in [0.05, 0.1) is 5.41 Å². The Bertz CT molecular complexity index is 682. The van der Waals surface area contributed by atoms with Crippen LogP contribution in [0.1, 0.15) is 24.8 Å². The molecule has 0 radical (unpaired) electrons. The molecule has 2 unspecified atom stereocenters. The van der Waals surface area contributed by atoms with Crippen molar-refractivity contribution in [1.29, 1.82) is 0 Å². The first-order chi connectivity index (χ1) is 11.4. The number of carbonyl (C=O) groups is 1. The van der Waals surface area contributed by atoms with Gasteiger partial charge in [-0.3, -0.25) is 4.79 Å². The van der Waals surface area contributed by atoms with Crippen molar-refractivity contribution in [2.45, 2.75) is 36.0 Å². The van der Waals surface area contributed by atoms with E-state index < -0.39 is 15.6 Å². The van der Waals surface area contributed by atoms with E-state index >= 15 is 4.48 Å². The summed E-state index contributed by atoms with van der Waals surface area (Å²) >= 11 is 0. The van der Waals surface area contributed by atoms with Gasteiger partial charge in [-0.15, -0.1) is 11.1 Å². The van der Waals surface area contributed by atoms with Crippen LogP contribution in [0.4, 0.5) is 4.48 Å². The van der Waals surface area contributed by atoms with E-state index in [2.05, 4.69) is 18.0 Å². The fraction of sp³-hybridized carbons (Fsp3) is 0.500. The fourth-order valence-corrected chi connectivity index (χ4v) is 6.52. The van der Waals surface area contributed by atoms with E-state index in [1.54, 1.807) is 12.1 Å². The van der Waals surface area contributed by atoms with E-state index in [-0.39, 0.29) is 5.91 Å². The number of fused-ring (bicyclic) bond motifs is 1. The first-order valence-electron chi connectivity index (χ1n) is 8.32. The van der Waals surface area contributed by atoms with Crippen LogP contribution in [0.5, 0.6) is 0 Å². The Morgan fingerprint density at radius 3 is 2.92 bits per heavy atom. The molecular weight excluding hydrogens is 325 g/mol. The number of nitrogens with zero attached hydrogens (tertiary/aromatic N) is 2. The normalized spacial score (nSPS) is 31.4. The van der Waals surface area contributed by atoms with E-state index in [0.29, 0.717) is 25.9 Å². The quantitative estimate of drug-likeness (QED) is 0.483. The lowest BCUT2D eigenvalue weighted by Gasteiger charge is -2.33. The van der Waals surface area contributed by atoms with Crippen LogP contribution in [-0.4, -0.2) is 41.9 Å². The molecule has 1 saturated heterocycles. The first-order valence-corrected chi connectivity index (χ1v) is 10.3. The van der Waals surface area contributed by atoms with Crippen molar-refractivity contribution >= 4 is 16.1 Å². The first kappa shape index (κ1) is 17.5. The maximum atomic E-state index is 15.3. The Kier molecular flexibility index (Phi) is 4.49. The molecular formula is C18H26FN3OS. The number of allylic oxidation sites excluding steroid dienone is 1. The van der Waals surface area contributed by atoms with Gasteiger partial charge in [0.15, 0.2) is 0 Å². The molecule has 132 valence electrons. The molecule has 1 aromatic carbocycles. The molecule has 2 heterocycles. The summed E-state index contributed by atoms with van der Waals surface area (Å²) in [5.74, 6) is 0.00422. The second-order valence-corrected chi connectivity index (χ2v) is 9.81. The predicted octanol–water partition coefficient (Wildman–Crippen LogP) is 3.58. The van der Waals surface area contributed by atoms with Gasteiger partial charge in [-0.1, -0.05) is 22.4 Å². The number of amides is 1. The number of carbonyl (C=O) groups excluding carboxylic acids is 1. The van der Waals surface area contributed by atoms with Gasteiger partial charge in [-0.2, -0.15) is 0 Å². The summed E-state index contributed by atoms with van der Waals surface area (Å²) in [5, 5.41) is 4.49. The minimum absolute atomic E-state index is 0.00422. The molecule has 1 N–H and O–H groups in total. The van der Waals surface area contributed by atoms with E-state index in [4.69, 9.17) is 0 Å². The standard InChI is InChI=1S/C18H26FN3OS/c1-5-6-9-18(17(23)20-3)10-11-21(13-18)22(19)24(4)15-8-7-14(2)12-16(15)24/h5,7-8,12H,1,6,9-11,13H2,2-4H3,(H,20,23). The summed E-state index contributed by atoms with van der Waals surface area (Å²) in [7, 11) is -0.0279. The van der Waals surface area contributed by atoms with Gasteiger partial charge in [0.25, 0.3) is 0 Å². The van der Waals surface area contributed by atoms with E-state index in [9.17, 15) is 4.79 Å². The van der Waals surface area contributed by atoms with E-state index in [1.165, 1.54) is 0 Å². The topological polar surface area (TPSA) is 35.6 Å². The van der Waals surface area contributed by atoms with Crippen molar-refractivity contribution in [2.75, 3.05) is 26.4 Å². The monoisotopic (exact) mass is 351 g/mol. The maximum Gasteiger partial charge on any atom is 0.227 e. The molecule has 6 heteroatoms. The van der Waals surface area contributed by atoms with Crippen LogP contribution in [0.3, 0.4) is 0 Å². The maximum absolute atomic E-state index is 15.3. The number of hydrazine groups is 1. The van der Waals surface area contributed by atoms with E-state index in [1.807, 2.05) is 31.4 Å². The highest BCUT2D eigenvalue weighted by atomic mass is 32.3. The Hall–Kier alpha value is -1.37. The third kappa shape index (κ3) is 2.57. The predicted molar refractivity (Wildman–Crippen MR) is 96.3 cm³/mol. The van der Waals surface area contributed by atoms with Gasteiger partial charge in [0.1, 0.15) is 0 Å². The van der Waals surface area contributed by atoms with Crippen molar-refractivity contribution < 1.29 is 9.28 Å². The lowest BCUT2D eigenvalue weighted by molar-refractivity contribution is -0.132. The van der Waals surface area contributed by atoms with Crippen LogP contribution in [0.25, 0.3) is 0 Å². The lowest BCUT2D eigenvalue weighted by atomic mass is 9.81. The SMILES string of the molecule is C=CCCC1(C(=O)NC)CCN(N(F)S2(C)c3ccc(C)cc32)C1. The van der Waals surface area contributed by atoms with Gasteiger partial charge in [0, 0.05) is 29.9 Å². The van der Waals surface area contributed by atoms with Gasteiger partial charge >= 0.3 is 0 Å². The van der Waals surface area contributed by atoms with Gasteiger partial charge in [-0.25, -0.2) is 5.01 Å². The number of aryl methyl sites for hydroxylation is 1. The summed E-state index contributed by atoms with van der Waals surface area (Å²) in [6.07, 6.45) is 5.95. The molecule has 2 aliphatic heterocycles. The highest BCUT2D eigenvalue weighted by Crippen LogP contribution is 2.79. The zero-order chi connectivity index (χ0) is 17.5. The number of hydrogen-bond acceptors (Lipinski definition) is 3. The van der Waals surface area contributed by atoms with Crippen LogP contribution < -0.4 is 5.32 Å². The number of rotatable bonds is 6. The fourth-order valence-electron chi connectivity index (χ4n) is 3.71. The minimum atomic E-state index is -1.68. The summed E-state index contributed by atoms with van der Waals surface area (Å²) in [5.41, 5.74) is 0.630. The second kappa shape index (κ2) is 6.17. The average Bonchev–Trinajstić information content (AvgIpc) is 2.97. The second-order valence-electron chi connectivity index (χ2n) is 6.88. The van der Waals surface area contributed by atoms with Crippen molar-refractivity contribution in [3.8, 4) is 0 Å². The van der Waals surface area contributed by atoms with Gasteiger partial charge in [0.2, 0.25) is 5.91 Å². The Morgan fingerprint density at radius 1 is 1.54 bits per heavy atom. The van der Waals surface area contributed by atoms with E-state index in [0.717, 1.165) is 26.4 Å². The largest absolute Gasteiger partial charge is 0.359 e. The number of benzene rings is 1. The van der Waals surface area contributed by atoms with Crippen molar-refractivity contribution in [3.05, 3.63) is 36.4 Å². The number of nitrogens with one attached hydrogen (secondary N) is 1. The molecule has 1 aromatic rings. The molecule has 0 bridgehead atoms. The van der Waals surface area contributed by atoms with Gasteiger partial charge in [-0.05, 0) is 54.8 Å². The molecule has 24 heavy (non-hydrogen) atoms. The summed E-state index contributed by atoms with van der Waals surface area (Å²) in [6, 6.07) is 6.15. The zero-order valence-corrected chi connectivity index (χ0v) is 15.5. The third-order valence-corrected chi connectivity index (χ3v) is 8.34. The Balaban J connectivity index is 1.77. The Labute approximate surface area is 145 Å². The minimum Gasteiger partial charge on any atom is -0.359 e. The molecule has 0 aromatic heterocycles. The molecule has 2 atom stereocenters. The molecule has 0 spiro atoms. The van der Waals surface area contributed by atoms with Crippen LogP contribution in [0, 0.1) is 12.3 Å². The summed E-state index contributed by atoms with van der Waals surface area (Å²) in [6.45, 7) is 6.77. The summed E-state index contributed by atoms with van der Waals surface area (Å²) < 4.78 is 16.2. The average molecular weight is 351 g/mol. The number of halogens is 1. The van der Waals surface area contributed by atoms with Crippen molar-refractivity contribution in [3.63, 3.8) is 0 Å². The Morgan fingerprint density at radius 2 is 2.29 bits per heavy atom. The van der Waals surface area contributed by atoms with Crippen LogP contribution in [0.2, 0.25) is 0 Å². The van der Waals surface area contributed by atoms with Crippen LogP contribution in [0.15, 0.2) is 40.6 Å². The molecule has 4 nitrogen and oxygen atoms in total. The zero-order valence-electron chi connectivity index (χ0n) is 14.6. The lowest BCUT2D eigenvalue weighted by Crippen LogP contribution is -2.43. The molecule has 2 aliphatic rings. The summed E-state index contributed by atoms with van der Waals surface area (Å²) in [4.78, 5) is 14.7. The van der Waals surface area contributed by atoms with Crippen molar-refractivity contribution in [1.82, 2.24) is 15.0 Å². The molecule has 1 amide bonds. The smallest absolute Gasteiger partial charge is 0.227 e. The number of hydrogen-bond donors (Lipinski definition) is 1. The molecule has 1 fully saturated rings. The van der Waals surface area contributed by atoms with Gasteiger partial charge < -0.3 is 5.32 Å². The molecule has 3 rings (SSSR count). The highest BCUT2D eigenvalue weighted by molar-refractivity contribution is 8.35. The van der Waals surface area contributed by atoms with Crippen LogP contribution >= 0.6 is 10.2 Å². The third-order valence-electron chi connectivity index (χ3n) is 5.31. The molecule has 0 aliphatic carbocycles. The van der Waals surface area contributed by atoms with Crippen molar-refractivity contribution in [2.24, 2.45) is 5.41 Å².